The predicted octanol–water partition coefficient (Wildman–Crippen LogP) is 2.60. The maximum absolute atomic E-state index is 3.38. The van der Waals surface area contributed by atoms with Crippen LogP contribution in [0.15, 0.2) is 24.3 Å². The van der Waals surface area contributed by atoms with Crippen LogP contribution in [-0.2, 0) is 6.42 Å². The Labute approximate surface area is 105 Å². The van der Waals surface area contributed by atoms with E-state index in [9.17, 15) is 0 Å². The molecule has 0 spiro atoms. The minimum absolute atomic E-state index is 0.541. The summed E-state index contributed by atoms with van der Waals surface area (Å²) in [6.45, 7) is 6.91. The Morgan fingerprint density at radius 1 is 1.35 bits per heavy atom. The standard InChI is InChI=1S/C15H24N2/c1-4-13-5-7-14(8-6-13)12(2)17-10-9-15(11-17)16-3/h5-8,12,15-16H,4,9-11H2,1-3H3. The first-order chi connectivity index (χ1) is 8.24. The SMILES string of the molecule is CCc1ccc(C(C)N2CCC(NC)C2)cc1. The quantitative estimate of drug-likeness (QED) is 0.858. The largest absolute Gasteiger partial charge is 0.316 e. The maximum atomic E-state index is 3.38. The van der Waals surface area contributed by atoms with Gasteiger partial charge in [-0.15, -0.1) is 0 Å². The summed E-state index contributed by atoms with van der Waals surface area (Å²) < 4.78 is 0. The molecule has 17 heavy (non-hydrogen) atoms. The predicted molar refractivity (Wildman–Crippen MR) is 73.3 cm³/mol. The van der Waals surface area contributed by atoms with Crippen LogP contribution < -0.4 is 5.32 Å². The van der Waals surface area contributed by atoms with Crippen LogP contribution in [0.4, 0.5) is 0 Å². The van der Waals surface area contributed by atoms with E-state index >= 15 is 0 Å². The van der Waals surface area contributed by atoms with E-state index in [2.05, 4.69) is 55.4 Å². The van der Waals surface area contributed by atoms with Gasteiger partial charge in [-0.25, -0.2) is 0 Å². The third-order valence-corrected chi connectivity index (χ3v) is 4.05. The van der Waals surface area contributed by atoms with Crippen LogP contribution in [-0.4, -0.2) is 31.1 Å². The second kappa shape index (κ2) is 5.65. The number of hydrogen-bond acceptors (Lipinski definition) is 2. The Kier molecular flexibility index (Phi) is 4.19. The first-order valence-electron chi connectivity index (χ1n) is 6.74. The van der Waals surface area contributed by atoms with E-state index in [1.807, 2.05) is 0 Å². The van der Waals surface area contributed by atoms with Crippen molar-refractivity contribution in [3.63, 3.8) is 0 Å². The first-order valence-corrected chi connectivity index (χ1v) is 6.74. The minimum Gasteiger partial charge on any atom is -0.316 e. The number of rotatable bonds is 4. The molecule has 0 radical (unpaired) electrons. The summed E-state index contributed by atoms with van der Waals surface area (Å²) in [6.07, 6.45) is 2.40. The van der Waals surface area contributed by atoms with Gasteiger partial charge in [-0.1, -0.05) is 31.2 Å². The molecule has 1 saturated heterocycles. The van der Waals surface area contributed by atoms with Crippen molar-refractivity contribution in [2.24, 2.45) is 0 Å². The molecular weight excluding hydrogens is 208 g/mol. The molecule has 2 atom stereocenters. The van der Waals surface area contributed by atoms with E-state index in [0.29, 0.717) is 12.1 Å². The van der Waals surface area contributed by atoms with Crippen molar-refractivity contribution in [3.8, 4) is 0 Å². The number of hydrogen-bond donors (Lipinski definition) is 1. The lowest BCUT2D eigenvalue weighted by Gasteiger charge is -2.24. The van der Waals surface area contributed by atoms with Crippen molar-refractivity contribution >= 4 is 0 Å². The highest BCUT2D eigenvalue weighted by molar-refractivity contribution is 5.25. The highest BCUT2D eigenvalue weighted by Crippen LogP contribution is 2.24. The van der Waals surface area contributed by atoms with Gasteiger partial charge in [-0.3, -0.25) is 4.90 Å². The van der Waals surface area contributed by atoms with Crippen molar-refractivity contribution < 1.29 is 0 Å². The number of aryl methyl sites for hydroxylation is 1. The lowest BCUT2D eigenvalue weighted by atomic mass is 10.0. The van der Waals surface area contributed by atoms with Gasteiger partial charge in [-0.05, 0) is 37.9 Å². The zero-order chi connectivity index (χ0) is 12.3. The lowest BCUT2D eigenvalue weighted by Crippen LogP contribution is -2.31. The molecule has 2 rings (SSSR count). The topological polar surface area (TPSA) is 15.3 Å². The molecule has 1 aromatic rings. The summed E-state index contributed by atoms with van der Waals surface area (Å²) in [4.78, 5) is 2.57. The molecule has 0 aliphatic carbocycles. The second-order valence-electron chi connectivity index (χ2n) is 5.04. The number of benzene rings is 1. The third kappa shape index (κ3) is 2.88. The third-order valence-electron chi connectivity index (χ3n) is 4.05. The Hall–Kier alpha value is -0.860. The molecule has 1 aliphatic rings. The number of likely N-dealkylation sites (N-methyl/N-ethyl adjacent to an activating group) is 1. The molecule has 94 valence electrons. The van der Waals surface area contributed by atoms with E-state index in [1.54, 1.807) is 0 Å². The molecule has 2 heteroatoms. The summed E-state index contributed by atoms with van der Waals surface area (Å²) in [7, 11) is 2.06. The van der Waals surface area contributed by atoms with Crippen molar-refractivity contribution in [2.75, 3.05) is 20.1 Å². The molecule has 1 heterocycles. The van der Waals surface area contributed by atoms with Gasteiger partial charge >= 0.3 is 0 Å². The van der Waals surface area contributed by atoms with Crippen LogP contribution in [0.25, 0.3) is 0 Å². The first kappa shape index (κ1) is 12.6. The second-order valence-corrected chi connectivity index (χ2v) is 5.04. The van der Waals surface area contributed by atoms with E-state index in [0.717, 1.165) is 6.42 Å². The fourth-order valence-electron chi connectivity index (χ4n) is 2.62. The summed E-state index contributed by atoms with van der Waals surface area (Å²) in [6, 6.07) is 10.3. The van der Waals surface area contributed by atoms with E-state index in [1.165, 1.54) is 30.6 Å². The fourth-order valence-corrected chi connectivity index (χ4v) is 2.62. The lowest BCUT2D eigenvalue weighted by molar-refractivity contribution is 0.257. The molecule has 1 aromatic carbocycles. The van der Waals surface area contributed by atoms with Gasteiger partial charge in [0.15, 0.2) is 0 Å². The normalized spacial score (nSPS) is 22.9. The van der Waals surface area contributed by atoms with Crippen LogP contribution in [0.1, 0.15) is 37.4 Å². The summed E-state index contributed by atoms with van der Waals surface area (Å²) in [5, 5.41) is 3.38. The van der Waals surface area contributed by atoms with Crippen LogP contribution in [0.2, 0.25) is 0 Å². The molecular formula is C15H24N2. The molecule has 1 aliphatic heterocycles. The van der Waals surface area contributed by atoms with Crippen molar-refractivity contribution in [1.82, 2.24) is 10.2 Å². The van der Waals surface area contributed by atoms with E-state index in [4.69, 9.17) is 0 Å². The van der Waals surface area contributed by atoms with Crippen LogP contribution in [0.5, 0.6) is 0 Å². The van der Waals surface area contributed by atoms with Crippen molar-refractivity contribution in [3.05, 3.63) is 35.4 Å². The van der Waals surface area contributed by atoms with Crippen LogP contribution in [0, 0.1) is 0 Å². The molecule has 0 saturated carbocycles. The van der Waals surface area contributed by atoms with Crippen LogP contribution in [0.3, 0.4) is 0 Å². The van der Waals surface area contributed by atoms with Gasteiger partial charge in [0, 0.05) is 25.2 Å². The smallest absolute Gasteiger partial charge is 0.0320 e. The van der Waals surface area contributed by atoms with Gasteiger partial charge in [0.05, 0.1) is 0 Å². The molecule has 0 aromatic heterocycles. The average molecular weight is 232 g/mol. The number of nitrogens with zero attached hydrogens (tertiary/aromatic N) is 1. The van der Waals surface area contributed by atoms with Gasteiger partial charge in [0.25, 0.3) is 0 Å². The van der Waals surface area contributed by atoms with Gasteiger partial charge in [0.1, 0.15) is 0 Å². The monoisotopic (exact) mass is 232 g/mol. The highest BCUT2D eigenvalue weighted by Gasteiger charge is 2.25. The Balaban J connectivity index is 2.01. The molecule has 2 nitrogen and oxygen atoms in total. The van der Waals surface area contributed by atoms with Crippen molar-refractivity contribution in [2.45, 2.75) is 38.8 Å². The van der Waals surface area contributed by atoms with Crippen molar-refractivity contribution in [1.29, 1.82) is 0 Å². The molecule has 0 amide bonds. The summed E-state index contributed by atoms with van der Waals surface area (Å²) in [5.74, 6) is 0. The zero-order valence-electron chi connectivity index (χ0n) is 11.2. The highest BCUT2D eigenvalue weighted by atomic mass is 15.2. The minimum atomic E-state index is 0.541. The molecule has 1 fully saturated rings. The van der Waals surface area contributed by atoms with E-state index in [-0.39, 0.29) is 0 Å². The molecule has 1 N–H and O–H groups in total. The molecule has 2 unspecified atom stereocenters. The van der Waals surface area contributed by atoms with Crippen LogP contribution >= 0.6 is 0 Å². The summed E-state index contributed by atoms with van der Waals surface area (Å²) >= 11 is 0. The molecule has 0 bridgehead atoms. The summed E-state index contributed by atoms with van der Waals surface area (Å²) in [5.41, 5.74) is 2.87. The zero-order valence-corrected chi connectivity index (χ0v) is 11.2. The van der Waals surface area contributed by atoms with Gasteiger partial charge < -0.3 is 5.32 Å². The Morgan fingerprint density at radius 2 is 2.06 bits per heavy atom. The average Bonchev–Trinajstić information content (AvgIpc) is 2.87. The Morgan fingerprint density at radius 3 is 2.59 bits per heavy atom. The van der Waals surface area contributed by atoms with Gasteiger partial charge in [0.2, 0.25) is 0 Å². The fraction of sp³-hybridized carbons (Fsp3) is 0.600. The number of nitrogens with one attached hydrogen (secondary N) is 1. The van der Waals surface area contributed by atoms with E-state index < -0.39 is 0 Å². The van der Waals surface area contributed by atoms with Gasteiger partial charge in [-0.2, -0.15) is 0 Å². The number of likely N-dealkylation sites (tertiary alicyclic amines) is 1. The Bertz CT molecular complexity index is 344. The maximum Gasteiger partial charge on any atom is 0.0320 e.